The number of nitrogens with zero attached hydrogens (tertiary/aromatic N) is 4. The number of benzene rings is 8. The van der Waals surface area contributed by atoms with E-state index in [0.29, 0.717) is 11.7 Å². The molecule has 6 heteroatoms. The minimum absolute atomic E-state index is 0.364. The van der Waals surface area contributed by atoms with Gasteiger partial charge in [0.1, 0.15) is 11.2 Å². The van der Waals surface area contributed by atoms with Gasteiger partial charge in [0.2, 0.25) is 0 Å². The molecular weight excluding hydrogens is 717 g/mol. The van der Waals surface area contributed by atoms with Gasteiger partial charge in [-0.05, 0) is 76.3 Å². The molecule has 0 bridgehead atoms. The predicted octanol–water partition coefficient (Wildman–Crippen LogP) is 14.0. The lowest BCUT2D eigenvalue weighted by Gasteiger charge is -2.32. The second-order valence-electron chi connectivity index (χ2n) is 14.5. The van der Waals surface area contributed by atoms with Crippen molar-refractivity contribution in [1.29, 1.82) is 0 Å². The first-order valence-electron chi connectivity index (χ1n) is 19.1. The van der Waals surface area contributed by atoms with Gasteiger partial charge in [-0.15, -0.1) is 11.3 Å². The molecule has 0 radical (unpaired) electrons. The van der Waals surface area contributed by atoms with Crippen molar-refractivity contribution >= 4 is 86.9 Å². The summed E-state index contributed by atoms with van der Waals surface area (Å²) in [5.74, 6) is 1.39. The highest BCUT2D eigenvalue weighted by Gasteiger charge is 2.18. The zero-order chi connectivity index (χ0) is 37.5. The monoisotopic (exact) mass is 747 g/mol. The van der Waals surface area contributed by atoms with Crippen molar-refractivity contribution in [3.8, 4) is 16.8 Å². The largest absolute Gasteiger partial charge is 0.456 e. The van der Waals surface area contributed by atoms with E-state index in [0.717, 1.165) is 55.4 Å². The van der Waals surface area contributed by atoms with Gasteiger partial charge in [-0.3, -0.25) is 4.99 Å². The van der Waals surface area contributed by atoms with Crippen molar-refractivity contribution in [2.75, 3.05) is 0 Å². The lowest BCUT2D eigenvalue weighted by molar-refractivity contribution is 0.668. The Kier molecular flexibility index (Phi) is 7.09. The summed E-state index contributed by atoms with van der Waals surface area (Å²) < 4.78 is 11.4. The van der Waals surface area contributed by atoms with E-state index in [9.17, 15) is 0 Å². The highest BCUT2D eigenvalue weighted by molar-refractivity contribution is 7.25. The van der Waals surface area contributed by atoms with Crippen LogP contribution in [0.3, 0.4) is 0 Å². The van der Waals surface area contributed by atoms with Crippen LogP contribution in [0.25, 0.3) is 86.0 Å². The van der Waals surface area contributed by atoms with Crippen LogP contribution in [0.2, 0.25) is 0 Å². The second kappa shape index (κ2) is 12.6. The summed E-state index contributed by atoms with van der Waals surface area (Å²) in [7, 11) is 0. The van der Waals surface area contributed by atoms with Crippen molar-refractivity contribution < 1.29 is 4.42 Å². The highest BCUT2D eigenvalue weighted by atomic mass is 32.1. The standard InChI is InChI=1S/C51H31N4OS/c1-3-12-31(13-4-1)49-52-50(32-14-5-2-6-15-32)54-51(53-49)34-22-25-39-41-28-33(23-27-46(41)57-47(39)29-34)36-18-11-21-44-48(36)40-26-24-35(30-45(40)56-44)55-42-19-9-7-16-37(42)38-17-8-10-20-43(38)55/h1-30,49H/q-1. The molecule has 1 aliphatic heterocycles. The van der Waals surface area contributed by atoms with Gasteiger partial charge in [0.05, 0.1) is 23.0 Å². The van der Waals surface area contributed by atoms with Crippen molar-refractivity contribution in [2.24, 2.45) is 9.98 Å². The maximum atomic E-state index is 6.62. The number of hydrogen-bond donors (Lipinski definition) is 0. The minimum atomic E-state index is -0.364. The zero-order valence-electron chi connectivity index (χ0n) is 30.5. The van der Waals surface area contributed by atoms with Gasteiger partial charge < -0.3 is 19.3 Å². The fraction of sp³-hybridized carbons (Fsp3) is 0.0196. The van der Waals surface area contributed by atoms with Crippen LogP contribution in [0.15, 0.2) is 196 Å². The lowest BCUT2D eigenvalue weighted by atomic mass is 9.97. The Bertz CT molecular complexity index is 3390. The summed E-state index contributed by atoms with van der Waals surface area (Å²) >= 11 is 1.80. The Labute approximate surface area is 331 Å². The van der Waals surface area contributed by atoms with Crippen LogP contribution in [0, 0.1) is 0 Å². The Morgan fingerprint density at radius 3 is 2.04 bits per heavy atom. The number of para-hydroxylation sites is 2. The van der Waals surface area contributed by atoms with Crippen LogP contribution in [-0.4, -0.2) is 16.2 Å². The summed E-state index contributed by atoms with van der Waals surface area (Å²) in [5, 5.41) is 12.2. The molecule has 0 aliphatic carbocycles. The Balaban J connectivity index is 0.941. The number of furan rings is 1. The predicted molar refractivity (Wildman–Crippen MR) is 238 cm³/mol. The molecule has 1 aliphatic rings. The van der Waals surface area contributed by atoms with E-state index in [4.69, 9.17) is 19.7 Å². The van der Waals surface area contributed by atoms with Crippen LogP contribution in [-0.2, 0) is 0 Å². The SMILES string of the molecule is c1ccc(C2=NC(c3ccccc3)[N-]C(c3ccc4c(c3)sc3ccc(-c5cccc6oc7cc(-n8c9ccccc9c9ccccc98)ccc7c56)cc34)=N2)cc1. The first-order valence-corrected chi connectivity index (χ1v) is 19.9. The first-order chi connectivity index (χ1) is 28.2. The van der Waals surface area contributed by atoms with E-state index in [1.165, 1.54) is 42.0 Å². The van der Waals surface area contributed by atoms with Crippen molar-refractivity contribution in [3.63, 3.8) is 0 Å². The molecule has 0 N–H and O–H groups in total. The third-order valence-corrected chi connectivity index (χ3v) is 12.3. The molecule has 57 heavy (non-hydrogen) atoms. The van der Waals surface area contributed by atoms with Gasteiger partial charge in [0, 0.05) is 53.5 Å². The van der Waals surface area contributed by atoms with Gasteiger partial charge in [-0.1, -0.05) is 133 Å². The van der Waals surface area contributed by atoms with Gasteiger partial charge >= 0.3 is 0 Å². The summed E-state index contributed by atoms with van der Waals surface area (Å²) in [6, 6.07) is 64.1. The van der Waals surface area contributed by atoms with E-state index in [2.05, 4.69) is 150 Å². The molecule has 0 spiro atoms. The minimum Gasteiger partial charge on any atom is -0.456 e. The normalized spacial score (nSPS) is 14.5. The Morgan fingerprint density at radius 1 is 0.509 bits per heavy atom. The van der Waals surface area contributed by atoms with Crippen LogP contribution in [0.5, 0.6) is 0 Å². The maximum Gasteiger partial charge on any atom is 0.137 e. The van der Waals surface area contributed by atoms with Crippen LogP contribution >= 0.6 is 11.3 Å². The van der Waals surface area contributed by atoms with Gasteiger partial charge in [-0.25, -0.2) is 0 Å². The number of amidine groups is 2. The fourth-order valence-corrected chi connectivity index (χ4v) is 9.66. The molecular formula is C51H31N4OS-. The van der Waals surface area contributed by atoms with E-state index in [-0.39, 0.29) is 6.17 Å². The maximum absolute atomic E-state index is 6.62. The number of hydrogen-bond acceptors (Lipinski definition) is 4. The number of fused-ring (bicyclic) bond motifs is 9. The highest BCUT2D eigenvalue weighted by Crippen LogP contribution is 2.42. The molecule has 12 rings (SSSR count). The summed E-state index contributed by atoms with van der Waals surface area (Å²) in [6.07, 6.45) is -0.364. The molecule has 1 unspecified atom stereocenters. The molecule has 1 atom stereocenters. The van der Waals surface area contributed by atoms with E-state index >= 15 is 0 Å². The smallest absolute Gasteiger partial charge is 0.137 e. The summed E-state index contributed by atoms with van der Waals surface area (Å²) in [6.45, 7) is 0. The van der Waals surface area contributed by atoms with Crippen molar-refractivity contribution in [1.82, 2.24) is 4.57 Å². The molecule has 3 aromatic heterocycles. The van der Waals surface area contributed by atoms with Gasteiger partial charge in [-0.2, -0.15) is 0 Å². The molecule has 0 fully saturated rings. The molecule has 8 aromatic carbocycles. The number of aliphatic imine (C=N–C) groups is 2. The zero-order valence-corrected chi connectivity index (χ0v) is 31.3. The molecule has 0 amide bonds. The summed E-state index contributed by atoms with van der Waals surface area (Å²) in [5.41, 5.74) is 10.5. The molecule has 0 saturated carbocycles. The third kappa shape index (κ3) is 5.15. The molecule has 4 heterocycles. The van der Waals surface area contributed by atoms with Crippen LogP contribution in [0.1, 0.15) is 22.9 Å². The first kappa shape index (κ1) is 32.0. The van der Waals surface area contributed by atoms with E-state index in [1.807, 2.05) is 36.4 Å². The quantitative estimate of drug-likeness (QED) is 0.173. The van der Waals surface area contributed by atoms with E-state index < -0.39 is 0 Å². The number of aromatic nitrogens is 1. The van der Waals surface area contributed by atoms with Crippen molar-refractivity contribution in [2.45, 2.75) is 6.17 Å². The summed E-state index contributed by atoms with van der Waals surface area (Å²) in [4.78, 5) is 9.97. The lowest BCUT2D eigenvalue weighted by Crippen LogP contribution is -2.15. The van der Waals surface area contributed by atoms with E-state index in [1.54, 1.807) is 11.3 Å². The average Bonchev–Trinajstić information content (AvgIpc) is 3.95. The third-order valence-electron chi connectivity index (χ3n) is 11.2. The van der Waals surface area contributed by atoms with Crippen molar-refractivity contribution in [3.05, 3.63) is 204 Å². The van der Waals surface area contributed by atoms with Crippen LogP contribution in [0.4, 0.5) is 0 Å². The number of thiophene rings is 1. The van der Waals surface area contributed by atoms with Gasteiger partial charge in [0.15, 0.2) is 0 Å². The fourth-order valence-electron chi connectivity index (χ4n) is 8.54. The average molecular weight is 748 g/mol. The Hall–Kier alpha value is -7.28. The topological polar surface area (TPSA) is 56.9 Å². The van der Waals surface area contributed by atoms with Crippen LogP contribution < -0.4 is 0 Å². The number of rotatable bonds is 5. The Morgan fingerprint density at radius 2 is 1.23 bits per heavy atom. The second-order valence-corrected chi connectivity index (χ2v) is 15.6. The molecule has 0 saturated heterocycles. The molecule has 268 valence electrons. The molecule has 5 nitrogen and oxygen atoms in total. The van der Waals surface area contributed by atoms with Gasteiger partial charge in [0.25, 0.3) is 0 Å². The molecule has 11 aromatic rings.